The highest BCUT2D eigenvalue weighted by atomic mass is 16.5. The standard InChI is InChI=1S/C14H22N2O4/c1-5-7-16(9-11(17)18)12(19)14(15)8-10(20-6-2)13(14,3)4/h1,10H,6-9,15H2,2-4H3,(H,17,18). The molecule has 20 heavy (non-hydrogen) atoms. The van der Waals surface area contributed by atoms with Crippen LogP contribution in [-0.4, -0.2) is 53.2 Å². The number of terminal acetylenes is 1. The maximum Gasteiger partial charge on any atom is 0.323 e. The van der Waals surface area contributed by atoms with Crippen LogP contribution in [0.25, 0.3) is 0 Å². The summed E-state index contributed by atoms with van der Waals surface area (Å²) < 4.78 is 5.55. The minimum atomic E-state index is -1.14. The van der Waals surface area contributed by atoms with E-state index in [9.17, 15) is 9.59 Å². The minimum absolute atomic E-state index is 0.0700. The maximum absolute atomic E-state index is 12.5. The Morgan fingerprint density at radius 3 is 2.55 bits per heavy atom. The highest BCUT2D eigenvalue weighted by Gasteiger charge is 2.63. The Morgan fingerprint density at radius 2 is 2.15 bits per heavy atom. The highest BCUT2D eigenvalue weighted by Crippen LogP contribution is 2.50. The highest BCUT2D eigenvalue weighted by molar-refractivity contribution is 5.91. The summed E-state index contributed by atoms with van der Waals surface area (Å²) in [5, 5.41) is 8.85. The number of nitrogens with zero attached hydrogens (tertiary/aromatic N) is 1. The molecule has 6 nitrogen and oxygen atoms in total. The number of carboxylic acid groups (broad SMARTS) is 1. The van der Waals surface area contributed by atoms with E-state index in [0.29, 0.717) is 13.0 Å². The van der Waals surface area contributed by atoms with Gasteiger partial charge in [0.25, 0.3) is 0 Å². The van der Waals surface area contributed by atoms with E-state index < -0.39 is 29.4 Å². The van der Waals surface area contributed by atoms with Crippen molar-refractivity contribution in [3.8, 4) is 12.3 Å². The van der Waals surface area contributed by atoms with Gasteiger partial charge >= 0.3 is 5.97 Å². The summed E-state index contributed by atoms with van der Waals surface area (Å²) in [5.74, 6) is 0.746. The quantitative estimate of drug-likeness (QED) is 0.672. The second kappa shape index (κ2) is 5.81. The number of hydrogen-bond donors (Lipinski definition) is 2. The lowest BCUT2D eigenvalue weighted by molar-refractivity contribution is -0.180. The Labute approximate surface area is 119 Å². The van der Waals surface area contributed by atoms with Crippen LogP contribution in [0.3, 0.4) is 0 Å². The van der Waals surface area contributed by atoms with Crippen LogP contribution in [0, 0.1) is 17.8 Å². The lowest BCUT2D eigenvalue weighted by atomic mass is 9.54. The van der Waals surface area contributed by atoms with Crippen LogP contribution < -0.4 is 5.73 Å². The molecule has 1 aliphatic rings. The average Bonchev–Trinajstić information content (AvgIpc) is 2.36. The molecule has 1 fully saturated rings. The van der Waals surface area contributed by atoms with Gasteiger partial charge < -0.3 is 20.5 Å². The van der Waals surface area contributed by atoms with E-state index in [0.717, 1.165) is 4.90 Å². The number of ether oxygens (including phenoxy) is 1. The Bertz CT molecular complexity index is 441. The SMILES string of the molecule is C#CCN(CC(=O)O)C(=O)C1(N)CC(OCC)C1(C)C. The molecule has 1 amide bonds. The second-order valence-corrected chi connectivity index (χ2v) is 5.60. The van der Waals surface area contributed by atoms with Gasteiger partial charge in [-0.3, -0.25) is 9.59 Å². The topological polar surface area (TPSA) is 92.9 Å². The molecule has 0 spiro atoms. The van der Waals surface area contributed by atoms with Crippen molar-refractivity contribution in [2.45, 2.75) is 38.8 Å². The van der Waals surface area contributed by atoms with Crippen LogP contribution in [-0.2, 0) is 14.3 Å². The number of nitrogens with two attached hydrogens (primary N) is 1. The van der Waals surface area contributed by atoms with Gasteiger partial charge in [0.05, 0.1) is 12.6 Å². The van der Waals surface area contributed by atoms with Crippen molar-refractivity contribution in [3.05, 3.63) is 0 Å². The predicted molar refractivity (Wildman–Crippen MR) is 73.8 cm³/mol. The van der Waals surface area contributed by atoms with Crippen LogP contribution >= 0.6 is 0 Å². The molecule has 0 aromatic carbocycles. The average molecular weight is 282 g/mol. The molecule has 6 heteroatoms. The van der Waals surface area contributed by atoms with Crippen molar-refractivity contribution >= 4 is 11.9 Å². The normalized spacial score (nSPS) is 27.2. The molecule has 0 aliphatic heterocycles. The zero-order chi connectivity index (χ0) is 15.6. The fourth-order valence-corrected chi connectivity index (χ4v) is 2.55. The first kappa shape index (κ1) is 16.5. The van der Waals surface area contributed by atoms with Gasteiger partial charge in [-0.1, -0.05) is 19.8 Å². The number of hydrogen-bond acceptors (Lipinski definition) is 4. The predicted octanol–water partition coefficient (Wildman–Crippen LogP) is 0.0653. The van der Waals surface area contributed by atoms with E-state index in [1.54, 1.807) is 0 Å². The Kier molecular flexibility index (Phi) is 4.79. The number of carbonyl (C=O) groups is 2. The minimum Gasteiger partial charge on any atom is -0.480 e. The summed E-state index contributed by atoms with van der Waals surface area (Å²) in [6.07, 6.45) is 5.44. The van der Waals surface area contributed by atoms with E-state index in [4.69, 9.17) is 22.0 Å². The number of carbonyl (C=O) groups excluding carboxylic acids is 1. The molecular formula is C14H22N2O4. The smallest absolute Gasteiger partial charge is 0.323 e. The molecule has 0 bridgehead atoms. The van der Waals surface area contributed by atoms with E-state index in [-0.39, 0.29) is 12.6 Å². The van der Waals surface area contributed by atoms with Gasteiger partial charge in [-0.05, 0) is 6.92 Å². The largest absolute Gasteiger partial charge is 0.480 e. The zero-order valence-corrected chi connectivity index (χ0v) is 12.2. The van der Waals surface area contributed by atoms with Crippen molar-refractivity contribution < 1.29 is 19.4 Å². The third-order valence-electron chi connectivity index (χ3n) is 4.11. The van der Waals surface area contributed by atoms with Gasteiger partial charge in [-0.15, -0.1) is 6.42 Å². The third-order valence-corrected chi connectivity index (χ3v) is 4.11. The summed E-state index contributed by atoms with van der Waals surface area (Å²) in [6, 6.07) is 0. The van der Waals surface area contributed by atoms with E-state index >= 15 is 0 Å². The first-order chi connectivity index (χ1) is 9.20. The van der Waals surface area contributed by atoms with Crippen molar-refractivity contribution in [2.75, 3.05) is 19.7 Å². The second-order valence-electron chi connectivity index (χ2n) is 5.60. The summed E-state index contributed by atoms with van der Waals surface area (Å²) in [4.78, 5) is 24.5. The number of amides is 1. The van der Waals surface area contributed by atoms with E-state index in [2.05, 4.69) is 5.92 Å². The van der Waals surface area contributed by atoms with Crippen LogP contribution in [0.2, 0.25) is 0 Å². The monoisotopic (exact) mass is 282 g/mol. The van der Waals surface area contributed by atoms with Crippen LogP contribution in [0.15, 0.2) is 0 Å². The molecule has 0 heterocycles. The van der Waals surface area contributed by atoms with Crippen LogP contribution in [0.1, 0.15) is 27.2 Å². The summed E-state index contributed by atoms with van der Waals surface area (Å²) in [6.45, 7) is 5.61. The Morgan fingerprint density at radius 1 is 1.55 bits per heavy atom. The van der Waals surface area contributed by atoms with Gasteiger partial charge in [-0.25, -0.2) is 0 Å². The molecule has 0 aromatic heterocycles. The van der Waals surface area contributed by atoms with Gasteiger partial charge in [0.2, 0.25) is 5.91 Å². The summed E-state index contributed by atoms with van der Waals surface area (Å²) >= 11 is 0. The molecule has 0 radical (unpaired) electrons. The molecular weight excluding hydrogens is 260 g/mol. The van der Waals surface area contributed by atoms with Crippen molar-refractivity contribution in [1.82, 2.24) is 4.90 Å². The lowest BCUT2D eigenvalue weighted by Crippen LogP contribution is -2.76. The van der Waals surface area contributed by atoms with Crippen molar-refractivity contribution in [2.24, 2.45) is 11.1 Å². The molecule has 3 N–H and O–H groups in total. The molecule has 2 unspecified atom stereocenters. The van der Waals surface area contributed by atoms with E-state index in [1.165, 1.54) is 0 Å². The lowest BCUT2D eigenvalue weighted by Gasteiger charge is -2.58. The molecule has 2 atom stereocenters. The third kappa shape index (κ3) is 2.65. The molecule has 1 rings (SSSR count). The molecule has 0 saturated heterocycles. The number of rotatable bonds is 6. The Hall–Kier alpha value is -1.58. The molecule has 112 valence electrons. The molecule has 1 saturated carbocycles. The van der Waals surface area contributed by atoms with Crippen molar-refractivity contribution in [1.29, 1.82) is 0 Å². The first-order valence-corrected chi connectivity index (χ1v) is 6.55. The van der Waals surface area contributed by atoms with Gasteiger partial charge in [0, 0.05) is 18.4 Å². The first-order valence-electron chi connectivity index (χ1n) is 6.55. The van der Waals surface area contributed by atoms with Gasteiger partial charge in [0.15, 0.2) is 0 Å². The fraction of sp³-hybridized carbons (Fsp3) is 0.714. The van der Waals surface area contributed by atoms with Crippen LogP contribution in [0.5, 0.6) is 0 Å². The number of aliphatic carboxylic acids is 1. The van der Waals surface area contributed by atoms with E-state index in [1.807, 2.05) is 20.8 Å². The summed E-state index contributed by atoms with van der Waals surface area (Å²) in [5.41, 5.74) is 4.52. The molecule has 1 aliphatic carbocycles. The summed E-state index contributed by atoms with van der Waals surface area (Å²) in [7, 11) is 0. The van der Waals surface area contributed by atoms with Gasteiger partial charge in [0.1, 0.15) is 12.1 Å². The van der Waals surface area contributed by atoms with Crippen LogP contribution in [0.4, 0.5) is 0 Å². The van der Waals surface area contributed by atoms with Gasteiger partial charge in [-0.2, -0.15) is 0 Å². The Balaban J connectivity index is 2.90. The number of carboxylic acids is 1. The zero-order valence-electron chi connectivity index (χ0n) is 12.2. The molecule has 0 aromatic rings. The van der Waals surface area contributed by atoms with Crippen molar-refractivity contribution in [3.63, 3.8) is 0 Å². The fourth-order valence-electron chi connectivity index (χ4n) is 2.55. The maximum atomic E-state index is 12.5.